The highest BCUT2D eigenvalue weighted by Gasteiger charge is 2.16. The van der Waals surface area contributed by atoms with Gasteiger partial charge in [0.15, 0.2) is 5.16 Å². The molecular weight excluding hydrogens is 429 g/mol. The number of nitro groups is 1. The maximum atomic E-state index is 11.2. The van der Waals surface area contributed by atoms with Crippen LogP contribution in [0.3, 0.4) is 0 Å². The molecule has 0 saturated heterocycles. The molecule has 0 saturated carbocycles. The predicted molar refractivity (Wildman–Crippen MR) is 118 cm³/mol. The largest absolute Gasteiger partial charge is 0.314 e. The molecular formula is C21H15Cl2N3O2S. The van der Waals surface area contributed by atoms with E-state index in [1.165, 1.54) is 23.9 Å². The maximum absolute atomic E-state index is 11.2. The Kier molecular flexibility index (Phi) is 5.76. The summed E-state index contributed by atoms with van der Waals surface area (Å²) < 4.78 is 2.03. The van der Waals surface area contributed by atoms with Crippen molar-refractivity contribution in [3.63, 3.8) is 0 Å². The van der Waals surface area contributed by atoms with Gasteiger partial charge in [0.2, 0.25) is 0 Å². The van der Waals surface area contributed by atoms with E-state index in [0.717, 1.165) is 21.8 Å². The van der Waals surface area contributed by atoms with Crippen LogP contribution in [0.5, 0.6) is 0 Å². The summed E-state index contributed by atoms with van der Waals surface area (Å²) in [5, 5.41) is 13.3. The highest BCUT2D eigenvalue weighted by molar-refractivity contribution is 7.98. The molecule has 0 N–H and O–H groups in total. The van der Waals surface area contributed by atoms with Gasteiger partial charge in [-0.25, -0.2) is 4.98 Å². The lowest BCUT2D eigenvalue weighted by atomic mass is 10.2. The summed E-state index contributed by atoms with van der Waals surface area (Å²) in [5.74, 6) is 0.633. The number of hydrogen-bond acceptors (Lipinski definition) is 4. The Hall–Kier alpha value is -2.54. The van der Waals surface area contributed by atoms with Crippen molar-refractivity contribution in [1.82, 2.24) is 9.55 Å². The molecule has 1 aromatic heterocycles. The Labute approximate surface area is 181 Å². The molecule has 4 rings (SSSR count). The average Bonchev–Trinajstić information content (AvgIpc) is 3.05. The van der Waals surface area contributed by atoms with E-state index in [9.17, 15) is 10.1 Å². The highest BCUT2D eigenvalue weighted by atomic mass is 35.5. The van der Waals surface area contributed by atoms with Crippen LogP contribution in [0.2, 0.25) is 10.0 Å². The van der Waals surface area contributed by atoms with Crippen LogP contribution in [0, 0.1) is 10.1 Å². The molecule has 0 aliphatic heterocycles. The second-order valence-corrected chi connectivity index (χ2v) is 8.14. The molecule has 8 heteroatoms. The van der Waals surface area contributed by atoms with Gasteiger partial charge in [-0.2, -0.15) is 0 Å². The monoisotopic (exact) mass is 443 g/mol. The number of aromatic nitrogens is 2. The van der Waals surface area contributed by atoms with Crippen LogP contribution in [-0.2, 0) is 12.3 Å². The third kappa shape index (κ3) is 4.24. The summed E-state index contributed by atoms with van der Waals surface area (Å²) in [7, 11) is 0. The second kappa shape index (κ2) is 8.45. The molecule has 0 radical (unpaired) electrons. The van der Waals surface area contributed by atoms with Crippen molar-refractivity contribution < 1.29 is 4.92 Å². The minimum atomic E-state index is -0.414. The highest BCUT2D eigenvalue weighted by Crippen LogP contribution is 2.32. The Morgan fingerprint density at radius 2 is 1.62 bits per heavy atom. The lowest BCUT2D eigenvalue weighted by molar-refractivity contribution is -0.384. The van der Waals surface area contributed by atoms with Crippen LogP contribution in [0.4, 0.5) is 5.69 Å². The van der Waals surface area contributed by atoms with Gasteiger partial charge in [-0.05, 0) is 29.3 Å². The zero-order chi connectivity index (χ0) is 20.4. The van der Waals surface area contributed by atoms with Crippen LogP contribution in [0.25, 0.3) is 11.0 Å². The Morgan fingerprint density at radius 3 is 2.28 bits per heavy atom. The van der Waals surface area contributed by atoms with E-state index in [1.54, 1.807) is 6.07 Å². The quantitative estimate of drug-likeness (QED) is 0.191. The van der Waals surface area contributed by atoms with Gasteiger partial charge >= 0.3 is 0 Å². The number of imidazole rings is 1. The third-order valence-corrected chi connectivity index (χ3v) is 6.27. The molecule has 0 aliphatic carbocycles. The first-order valence-electron chi connectivity index (χ1n) is 8.77. The molecule has 0 amide bonds. The SMILES string of the molecule is O=[N+]([O-])c1ccc2c(c1)nc(SCc1ccccc1Cl)n2Cc1ccccc1Cl. The molecule has 3 aromatic carbocycles. The van der Waals surface area contributed by atoms with Crippen molar-refractivity contribution >= 4 is 51.7 Å². The fourth-order valence-electron chi connectivity index (χ4n) is 3.03. The van der Waals surface area contributed by atoms with Gasteiger partial charge in [0.1, 0.15) is 0 Å². The average molecular weight is 444 g/mol. The fourth-order valence-corrected chi connectivity index (χ4v) is 4.52. The smallest absolute Gasteiger partial charge is 0.271 e. The number of thioether (sulfide) groups is 1. The second-order valence-electron chi connectivity index (χ2n) is 6.38. The maximum Gasteiger partial charge on any atom is 0.271 e. The number of hydrogen-bond donors (Lipinski definition) is 0. The van der Waals surface area contributed by atoms with Crippen molar-refractivity contribution in [2.24, 2.45) is 0 Å². The zero-order valence-electron chi connectivity index (χ0n) is 15.1. The number of nitrogens with zero attached hydrogens (tertiary/aromatic N) is 3. The Balaban J connectivity index is 1.75. The van der Waals surface area contributed by atoms with E-state index >= 15 is 0 Å². The van der Waals surface area contributed by atoms with E-state index in [0.29, 0.717) is 27.9 Å². The number of nitro benzene ring substituents is 1. The molecule has 0 fully saturated rings. The summed E-state index contributed by atoms with van der Waals surface area (Å²) in [4.78, 5) is 15.4. The van der Waals surface area contributed by atoms with Crippen molar-refractivity contribution in [2.45, 2.75) is 17.5 Å². The molecule has 0 aliphatic rings. The molecule has 0 spiro atoms. The first-order chi connectivity index (χ1) is 14.0. The standard InChI is InChI=1S/C21H15Cl2N3O2S/c22-17-7-3-1-5-14(17)12-25-20-10-9-16(26(27)28)11-19(20)24-21(25)29-13-15-6-2-4-8-18(15)23/h1-11H,12-13H2. The zero-order valence-corrected chi connectivity index (χ0v) is 17.4. The summed E-state index contributed by atoms with van der Waals surface area (Å²) in [6, 6.07) is 20.0. The van der Waals surface area contributed by atoms with Gasteiger partial charge in [0.05, 0.1) is 22.5 Å². The summed E-state index contributed by atoms with van der Waals surface area (Å²) in [5.41, 5.74) is 3.36. The topological polar surface area (TPSA) is 61.0 Å². The summed E-state index contributed by atoms with van der Waals surface area (Å²) in [6.45, 7) is 0.513. The van der Waals surface area contributed by atoms with Gasteiger partial charge in [0.25, 0.3) is 5.69 Å². The molecule has 5 nitrogen and oxygen atoms in total. The minimum Gasteiger partial charge on any atom is -0.314 e. The first-order valence-corrected chi connectivity index (χ1v) is 10.5. The molecule has 1 heterocycles. The van der Waals surface area contributed by atoms with Gasteiger partial charge in [-0.15, -0.1) is 0 Å². The van der Waals surface area contributed by atoms with E-state index in [1.807, 2.05) is 53.1 Å². The van der Waals surface area contributed by atoms with Crippen LogP contribution in [0.15, 0.2) is 71.9 Å². The fraction of sp³-hybridized carbons (Fsp3) is 0.0952. The van der Waals surface area contributed by atoms with Crippen LogP contribution < -0.4 is 0 Å². The van der Waals surface area contributed by atoms with Crippen molar-refractivity contribution in [2.75, 3.05) is 0 Å². The Morgan fingerprint density at radius 1 is 0.966 bits per heavy atom. The first kappa shape index (κ1) is 19.8. The normalized spacial score (nSPS) is 11.1. The number of halogens is 2. The predicted octanol–water partition coefficient (Wildman–Crippen LogP) is 6.59. The number of benzene rings is 3. The number of fused-ring (bicyclic) bond motifs is 1. The molecule has 0 atom stereocenters. The summed E-state index contributed by atoms with van der Waals surface area (Å²) in [6.07, 6.45) is 0. The van der Waals surface area contributed by atoms with Crippen LogP contribution in [0.1, 0.15) is 11.1 Å². The van der Waals surface area contributed by atoms with E-state index in [2.05, 4.69) is 4.98 Å². The van der Waals surface area contributed by atoms with Crippen LogP contribution >= 0.6 is 35.0 Å². The van der Waals surface area contributed by atoms with E-state index in [4.69, 9.17) is 23.2 Å². The molecule has 29 heavy (non-hydrogen) atoms. The molecule has 4 aromatic rings. The number of non-ortho nitro benzene ring substituents is 1. The van der Waals surface area contributed by atoms with Crippen molar-refractivity contribution in [3.8, 4) is 0 Å². The summed E-state index contributed by atoms with van der Waals surface area (Å²) >= 11 is 14.2. The lowest BCUT2D eigenvalue weighted by Gasteiger charge is -2.11. The van der Waals surface area contributed by atoms with E-state index in [-0.39, 0.29) is 5.69 Å². The molecule has 0 bridgehead atoms. The lowest BCUT2D eigenvalue weighted by Crippen LogP contribution is -2.02. The number of rotatable bonds is 6. The van der Waals surface area contributed by atoms with E-state index < -0.39 is 4.92 Å². The Bertz CT molecular complexity index is 1210. The van der Waals surface area contributed by atoms with Crippen molar-refractivity contribution in [1.29, 1.82) is 0 Å². The third-order valence-electron chi connectivity index (χ3n) is 4.51. The molecule has 146 valence electrons. The van der Waals surface area contributed by atoms with Crippen LogP contribution in [-0.4, -0.2) is 14.5 Å². The van der Waals surface area contributed by atoms with Crippen molar-refractivity contribution in [3.05, 3.63) is 98.0 Å². The minimum absolute atomic E-state index is 0.0162. The van der Waals surface area contributed by atoms with Gasteiger partial charge in [-0.1, -0.05) is 71.4 Å². The van der Waals surface area contributed by atoms with Gasteiger partial charge in [0, 0.05) is 27.9 Å². The molecule has 0 unspecified atom stereocenters. The van der Waals surface area contributed by atoms with Gasteiger partial charge < -0.3 is 4.57 Å². The van der Waals surface area contributed by atoms with Gasteiger partial charge in [-0.3, -0.25) is 10.1 Å².